The summed E-state index contributed by atoms with van der Waals surface area (Å²) < 4.78 is 5.92. The van der Waals surface area contributed by atoms with E-state index in [0.29, 0.717) is 16.7 Å². The number of nitrogens with zero attached hydrogens (tertiary/aromatic N) is 5. The van der Waals surface area contributed by atoms with E-state index in [1.165, 1.54) is 16.2 Å². The van der Waals surface area contributed by atoms with E-state index in [0.717, 1.165) is 30.2 Å². The summed E-state index contributed by atoms with van der Waals surface area (Å²) >= 11 is 2.86. The van der Waals surface area contributed by atoms with Crippen LogP contribution in [0.4, 0.5) is 10.9 Å². The first-order valence-corrected chi connectivity index (χ1v) is 10.2. The molecule has 0 aromatic carbocycles. The number of amides is 1. The summed E-state index contributed by atoms with van der Waals surface area (Å²) in [6.07, 6.45) is 2.88. The van der Waals surface area contributed by atoms with Crippen LogP contribution in [-0.2, 0) is 11.2 Å². The quantitative estimate of drug-likeness (QED) is 0.677. The molecule has 4 heterocycles. The van der Waals surface area contributed by atoms with Crippen molar-refractivity contribution in [1.82, 2.24) is 20.4 Å². The lowest BCUT2D eigenvalue weighted by Crippen LogP contribution is -2.25. The highest BCUT2D eigenvalue weighted by Crippen LogP contribution is 2.27. The zero-order valence-corrected chi connectivity index (χ0v) is 16.3. The van der Waals surface area contributed by atoms with E-state index in [4.69, 9.17) is 4.74 Å². The molecule has 3 aromatic heterocycles. The number of anilines is 2. The van der Waals surface area contributed by atoms with Crippen molar-refractivity contribution in [2.75, 3.05) is 23.3 Å². The minimum atomic E-state index is -0.103. The highest BCUT2D eigenvalue weighted by atomic mass is 32.1. The molecule has 0 aliphatic carbocycles. The predicted octanol–water partition coefficient (Wildman–Crippen LogP) is 2.54. The van der Waals surface area contributed by atoms with E-state index in [1.807, 2.05) is 31.2 Å². The number of aryl methyl sites for hydroxylation is 1. The zero-order valence-electron chi connectivity index (χ0n) is 14.7. The minimum Gasteiger partial charge on any atom is -0.464 e. The van der Waals surface area contributed by atoms with E-state index >= 15 is 0 Å². The summed E-state index contributed by atoms with van der Waals surface area (Å²) in [6.45, 7) is 3.60. The van der Waals surface area contributed by atoms with Crippen molar-refractivity contribution in [3.05, 3.63) is 40.2 Å². The smallest absolute Gasteiger partial charge is 0.296 e. The van der Waals surface area contributed by atoms with Crippen LogP contribution >= 0.6 is 22.7 Å². The minimum absolute atomic E-state index is 0.0117. The molecule has 1 aliphatic heterocycles. The molecule has 0 bridgehead atoms. The van der Waals surface area contributed by atoms with Gasteiger partial charge in [-0.2, -0.15) is 5.10 Å². The Hall–Kier alpha value is -2.59. The first kappa shape index (κ1) is 17.8. The number of nitrogens with one attached hydrogen (secondary N) is 1. The van der Waals surface area contributed by atoms with Crippen LogP contribution in [0.2, 0.25) is 0 Å². The third-order valence-electron chi connectivity index (χ3n) is 4.08. The Morgan fingerprint density at radius 2 is 2.22 bits per heavy atom. The van der Waals surface area contributed by atoms with Gasteiger partial charge in [0.05, 0.1) is 13.0 Å². The van der Waals surface area contributed by atoms with E-state index in [9.17, 15) is 4.79 Å². The predicted molar refractivity (Wildman–Crippen MR) is 105 cm³/mol. The van der Waals surface area contributed by atoms with Crippen molar-refractivity contribution in [1.29, 1.82) is 0 Å². The second-order valence-corrected chi connectivity index (χ2v) is 8.48. The first-order chi connectivity index (χ1) is 13.2. The van der Waals surface area contributed by atoms with Crippen LogP contribution in [0.1, 0.15) is 16.2 Å². The number of aromatic nitrogens is 4. The number of hydrogen-bond acceptors (Lipinski definition) is 9. The fourth-order valence-corrected chi connectivity index (χ4v) is 4.41. The van der Waals surface area contributed by atoms with Crippen LogP contribution in [0.3, 0.4) is 0 Å². The average molecular weight is 403 g/mol. The van der Waals surface area contributed by atoms with E-state index < -0.39 is 0 Å². The fourth-order valence-electron chi connectivity index (χ4n) is 2.85. The van der Waals surface area contributed by atoms with Crippen LogP contribution in [-0.4, -0.2) is 45.5 Å². The maximum Gasteiger partial charge on any atom is 0.296 e. The molecule has 3 aromatic rings. The van der Waals surface area contributed by atoms with E-state index in [2.05, 4.69) is 30.6 Å². The average Bonchev–Trinajstić information content (AvgIpc) is 3.39. The van der Waals surface area contributed by atoms with Crippen molar-refractivity contribution in [3.8, 4) is 5.19 Å². The van der Waals surface area contributed by atoms with Gasteiger partial charge in [-0.15, -0.1) is 21.5 Å². The molecule has 0 spiro atoms. The molecule has 0 saturated carbocycles. The molecule has 4 rings (SSSR count). The molecular formula is C17H18N6O2S2. The lowest BCUT2D eigenvalue weighted by molar-refractivity contribution is -0.115. The molecule has 1 saturated heterocycles. The number of carbonyl (C=O) groups is 1. The Morgan fingerprint density at radius 1 is 1.30 bits per heavy atom. The van der Waals surface area contributed by atoms with Crippen molar-refractivity contribution in [2.45, 2.75) is 25.9 Å². The molecular weight excluding hydrogens is 384 g/mol. The molecule has 140 valence electrons. The highest BCUT2D eigenvalue weighted by molar-refractivity contribution is 7.17. The van der Waals surface area contributed by atoms with Gasteiger partial charge < -0.3 is 15.0 Å². The van der Waals surface area contributed by atoms with Gasteiger partial charge in [-0.05, 0) is 42.5 Å². The first-order valence-electron chi connectivity index (χ1n) is 8.54. The second-order valence-electron chi connectivity index (χ2n) is 6.17. The molecule has 10 heteroatoms. The summed E-state index contributed by atoms with van der Waals surface area (Å²) in [7, 11) is 0. The van der Waals surface area contributed by atoms with Gasteiger partial charge in [-0.25, -0.2) is 0 Å². The van der Waals surface area contributed by atoms with Gasteiger partial charge in [0.1, 0.15) is 6.10 Å². The molecule has 1 amide bonds. The van der Waals surface area contributed by atoms with Gasteiger partial charge in [0, 0.05) is 28.9 Å². The summed E-state index contributed by atoms with van der Waals surface area (Å²) in [4.78, 5) is 16.5. The Bertz CT molecular complexity index is 913. The maximum absolute atomic E-state index is 12.1. The van der Waals surface area contributed by atoms with Gasteiger partial charge in [-0.1, -0.05) is 5.10 Å². The van der Waals surface area contributed by atoms with Gasteiger partial charge in [-0.3, -0.25) is 4.79 Å². The van der Waals surface area contributed by atoms with Crippen molar-refractivity contribution in [2.24, 2.45) is 0 Å². The third-order valence-corrected chi connectivity index (χ3v) is 5.81. The largest absolute Gasteiger partial charge is 0.464 e. The molecule has 0 radical (unpaired) electrons. The second kappa shape index (κ2) is 7.97. The SMILES string of the molecule is Cc1ccc(CC(=O)Nc2nnc(OC3CCN(c4cccnn4)C3)s2)s1. The van der Waals surface area contributed by atoms with E-state index in [-0.39, 0.29) is 12.0 Å². The van der Waals surface area contributed by atoms with Gasteiger partial charge in [0.25, 0.3) is 5.19 Å². The van der Waals surface area contributed by atoms with Gasteiger partial charge in [0.15, 0.2) is 5.82 Å². The number of hydrogen-bond donors (Lipinski definition) is 1. The van der Waals surface area contributed by atoms with Crippen LogP contribution in [0.15, 0.2) is 30.5 Å². The maximum atomic E-state index is 12.1. The normalized spacial score (nSPS) is 16.5. The molecule has 8 nitrogen and oxygen atoms in total. The lowest BCUT2D eigenvalue weighted by atomic mass is 10.3. The van der Waals surface area contributed by atoms with E-state index in [1.54, 1.807) is 17.5 Å². The fraction of sp³-hybridized carbons (Fsp3) is 0.353. The molecule has 27 heavy (non-hydrogen) atoms. The molecule has 1 aliphatic rings. The lowest BCUT2D eigenvalue weighted by Gasteiger charge is -2.16. The molecule has 1 atom stereocenters. The Morgan fingerprint density at radius 3 is 3.00 bits per heavy atom. The van der Waals surface area contributed by atoms with Crippen molar-refractivity contribution < 1.29 is 9.53 Å². The third kappa shape index (κ3) is 4.58. The molecule has 1 N–H and O–H groups in total. The molecule has 1 fully saturated rings. The van der Waals surface area contributed by atoms with Crippen molar-refractivity contribution >= 4 is 39.5 Å². The van der Waals surface area contributed by atoms with Crippen LogP contribution < -0.4 is 15.0 Å². The number of thiophene rings is 1. The number of ether oxygens (including phenoxy) is 1. The number of rotatable bonds is 6. The van der Waals surface area contributed by atoms with Gasteiger partial charge in [0.2, 0.25) is 11.0 Å². The summed E-state index contributed by atoms with van der Waals surface area (Å²) in [6, 6.07) is 7.78. The van der Waals surface area contributed by atoms with Crippen LogP contribution in [0, 0.1) is 6.92 Å². The summed E-state index contributed by atoms with van der Waals surface area (Å²) in [5.41, 5.74) is 0. The molecule has 1 unspecified atom stereocenters. The zero-order chi connectivity index (χ0) is 18.6. The monoisotopic (exact) mass is 402 g/mol. The Balaban J connectivity index is 1.29. The standard InChI is InChI=1S/C17H18N6O2S2/c1-11-4-5-13(26-11)9-15(24)19-16-21-22-17(27-16)25-12-6-8-23(10-12)14-3-2-7-18-20-14/h2-5,7,12H,6,8-10H2,1H3,(H,19,21,24). The highest BCUT2D eigenvalue weighted by Gasteiger charge is 2.26. The van der Waals surface area contributed by atoms with Crippen LogP contribution in [0.25, 0.3) is 0 Å². The number of carbonyl (C=O) groups excluding carboxylic acids is 1. The topological polar surface area (TPSA) is 93.1 Å². The summed E-state index contributed by atoms with van der Waals surface area (Å²) in [5.74, 6) is 0.742. The Kier molecular flexibility index (Phi) is 5.26. The van der Waals surface area contributed by atoms with Crippen molar-refractivity contribution in [3.63, 3.8) is 0 Å². The Labute approximate surface area is 164 Å². The summed E-state index contributed by atoms with van der Waals surface area (Å²) in [5, 5.41) is 19.8. The van der Waals surface area contributed by atoms with Gasteiger partial charge >= 0.3 is 0 Å². The van der Waals surface area contributed by atoms with Crippen LogP contribution in [0.5, 0.6) is 5.19 Å².